The minimum Gasteiger partial charge on any atom is -0.497 e. The summed E-state index contributed by atoms with van der Waals surface area (Å²) in [5, 5.41) is 3.51. The Labute approximate surface area is 133 Å². The second-order valence-corrected chi connectivity index (χ2v) is 5.91. The molecule has 0 spiro atoms. The molecule has 2 nitrogen and oxygen atoms in total. The third kappa shape index (κ3) is 4.05. The van der Waals surface area contributed by atoms with Crippen LogP contribution in [0.1, 0.15) is 37.1 Å². The first-order chi connectivity index (χ1) is 10.0. The normalized spacial score (nSPS) is 13.8. The maximum Gasteiger partial charge on any atom is 0.137 e. The lowest BCUT2D eigenvalue weighted by atomic mass is 10.0. The Morgan fingerprint density at radius 2 is 1.57 bits per heavy atom. The number of benzene rings is 2. The number of halogens is 2. The van der Waals surface area contributed by atoms with E-state index in [2.05, 4.69) is 35.1 Å². The summed E-state index contributed by atoms with van der Waals surface area (Å²) < 4.78 is 18.9. The minimum absolute atomic E-state index is 0.124. The Hall–Kier alpha value is -1.39. The summed E-state index contributed by atoms with van der Waals surface area (Å²) in [6.45, 7) is 4.18. The number of hydrogen-bond acceptors (Lipinski definition) is 2. The molecule has 2 atom stereocenters. The predicted molar refractivity (Wildman–Crippen MR) is 87.1 cm³/mol. The third-order valence-electron chi connectivity index (χ3n) is 3.56. The first kappa shape index (κ1) is 16.0. The highest BCUT2D eigenvalue weighted by Crippen LogP contribution is 2.24. The van der Waals surface area contributed by atoms with E-state index >= 15 is 0 Å². The highest BCUT2D eigenvalue weighted by Gasteiger charge is 2.12. The summed E-state index contributed by atoms with van der Waals surface area (Å²) in [4.78, 5) is 0. The summed E-state index contributed by atoms with van der Waals surface area (Å²) in [5.41, 5.74) is 2.23. The average molecular weight is 352 g/mol. The zero-order valence-electron chi connectivity index (χ0n) is 12.4. The van der Waals surface area contributed by atoms with Gasteiger partial charge in [-0.2, -0.15) is 0 Å². The molecule has 4 heteroatoms. The summed E-state index contributed by atoms with van der Waals surface area (Å²) in [6.07, 6.45) is 0. The van der Waals surface area contributed by atoms with Crippen LogP contribution in [0.4, 0.5) is 4.39 Å². The van der Waals surface area contributed by atoms with Crippen molar-refractivity contribution in [1.82, 2.24) is 5.32 Å². The van der Waals surface area contributed by atoms with Crippen molar-refractivity contribution < 1.29 is 9.13 Å². The zero-order chi connectivity index (χ0) is 15.4. The first-order valence-corrected chi connectivity index (χ1v) is 7.65. The van der Waals surface area contributed by atoms with Gasteiger partial charge in [0, 0.05) is 12.1 Å². The van der Waals surface area contributed by atoms with Gasteiger partial charge >= 0.3 is 0 Å². The lowest BCUT2D eigenvalue weighted by molar-refractivity contribution is 0.414. The molecule has 0 aliphatic carbocycles. The molecule has 0 saturated carbocycles. The van der Waals surface area contributed by atoms with E-state index in [1.807, 2.05) is 30.3 Å². The van der Waals surface area contributed by atoms with Gasteiger partial charge in [0.1, 0.15) is 11.6 Å². The van der Waals surface area contributed by atoms with Crippen LogP contribution < -0.4 is 10.1 Å². The van der Waals surface area contributed by atoms with Crippen LogP contribution in [-0.2, 0) is 0 Å². The summed E-state index contributed by atoms with van der Waals surface area (Å²) in [7, 11) is 1.66. The molecule has 0 aliphatic heterocycles. The molecule has 21 heavy (non-hydrogen) atoms. The molecule has 2 aromatic carbocycles. The van der Waals surface area contributed by atoms with E-state index in [1.165, 1.54) is 11.6 Å². The van der Waals surface area contributed by atoms with E-state index in [1.54, 1.807) is 13.2 Å². The van der Waals surface area contributed by atoms with Crippen LogP contribution in [0, 0.1) is 5.82 Å². The van der Waals surface area contributed by atoms with E-state index in [4.69, 9.17) is 4.74 Å². The Bertz CT molecular complexity index is 600. The van der Waals surface area contributed by atoms with Crippen molar-refractivity contribution >= 4 is 15.9 Å². The highest BCUT2D eigenvalue weighted by atomic mass is 79.9. The van der Waals surface area contributed by atoms with Crippen LogP contribution in [-0.4, -0.2) is 7.11 Å². The van der Waals surface area contributed by atoms with Crippen molar-refractivity contribution in [2.75, 3.05) is 7.11 Å². The third-order valence-corrected chi connectivity index (χ3v) is 4.17. The largest absolute Gasteiger partial charge is 0.497 e. The number of rotatable bonds is 5. The molecule has 0 bridgehead atoms. The molecular formula is C17H19BrFNO. The highest BCUT2D eigenvalue weighted by molar-refractivity contribution is 9.10. The van der Waals surface area contributed by atoms with Crippen LogP contribution in [0.2, 0.25) is 0 Å². The summed E-state index contributed by atoms with van der Waals surface area (Å²) in [5.74, 6) is 0.607. The van der Waals surface area contributed by atoms with Gasteiger partial charge in [0.2, 0.25) is 0 Å². The fourth-order valence-electron chi connectivity index (χ4n) is 2.24. The first-order valence-electron chi connectivity index (χ1n) is 6.86. The van der Waals surface area contributed by atoms with E-state index in [-0.39, 0.29) is 17.9 Å². The van der Waals surface area contributed by atoms with Crippen molar-refractivity contribution in [3.63, 3.8) is 0 Å². The SMILES string of the molecule is COc1ccc([C@@H](C)NC(C)c2ccc(F)c(Br)c2)cc1. The number of methoxy groups -OCH3 is 1. The van der Waals surface area contributed by atoms with E-state index < -0.39 is 0 Å². The molecule has 0 radical (unpaired) electrons. The van der Waals surface area contributed by atoms with Crippen LogP contribution in [0.25, 0.3) is 0 Å². The fraction of sp³-hybridized carbons (Fsp3) is 0.294. The van der Waals surface area contributed by atoms with Gasteiger partial charge in [0.25, 0.3) is 0 Å². The van der Waals surface area contributed by atoms with Gasteiger partial charge in [0.05, 0.1) is 11.6 Å². The average Bonchev–Trinajstić information content (AvgIpc) is 2.50. The Morgan fingerprint density at radius 1 is 1.00 bits per heavy atom. The van der Waals surface area contributed by atoms with Crippen LogP contribution in [0.3, 0.4) is 0 Å². The molecule has 0 saturated heterocycles. The lowest BCUT2D eigenvalue weighted by Crippen LogP contribution is -2.22. The molecule has 0 aliphatic rings. The van der Waals surface area contributed by atoms with E-state index in [0.29, 0.717) is 4.47 Å². The van der Waals surface area contributed by atoms with Gasteiger partial charge in [-0.25, -0.2) is 4.39 Å². The Morgan fingerprint density at radius 3 is 2.14 bits per heavy atom. The quantitative estimate of drug-likeness (QED) is 0.817. The predicted octanol–water partition coefficient (Wildman–Crippen LogP) is 5.01. The Kier molecular flexibility index (Phi) is 5.37. The Balaban J connectivity index is 2.06. The molecule has 0 aromatic heterocycles. The fourth-order valence-corrected chi connectivity index (χ4v) is 2.64. The van der Waals surface area contributed by atoms with Crippen molar-refractivity contribution in [1.29, 1.82) is 0 Å². The molecule has 0 fully saturated rings. The number of ether oxygens (including phenoxy) is 1. The number of nitrogens with one attached hydrogen (secondary N) is 1. The van der Waals surface area contributed by atoms with Crippen LogP contribution in [0.15, 0.2) is 46.9 Å². The van der Waals surface area contributed by atoms with Crippen molar-refractivity contribution in [2.45, 2.75) is 25.9 Å². The van der Waals surface area contributed by atoms with Crippen molar-refractivity contribution in [2.24, 2.45) is 0 Å². The molecule has 2 rings (SSSR count). The molecule has 2 aromatic rings. The maximum absolute atomic E-state index is 13.3. The summed E-state index contributed by atoms with van der Waals surface area (Å²) in [6, 6.07) is 13.4. The molecule has 0 amide bonds. The lowest BCUT2D eigenvalue weighted by Gasteiger charge is -2.21. The zero-order valence-corrected chi connectivity index (χ0v) is 13.9. The maximum atomic E-state index is 13.3. The summed E-state index contributed by atoms with van der Waals surface area (Å²) >= 11 is 3.22. The van der Waals surface area contributed by atoms with Crippen LogP contribution in [0.5, 0.6) is 5.75 Å². The number of hydrogen-bond donors (Lipinski definition) is 1. The van der Waals surface area contributed by atoms with Gasteiger partial charge in [-0.05, 0) is 65.2 Å². The van der Waals surface area contributed by atoms with Gasteiger partial charge in [-0.3, -0.25) is 0 Å². The van der Waals surface area contributed by atoms with Crippen LogP contribution >= 0.6 is 15.9 Å². The molecule has 0 heterocycles. The molecular weight excluding hydrogens is 333 g/mol. The molecule has 112 valence electrons. The van der Waals surface area contributed by atoms with E-state index in [0.717, 1.165) is 11.3 Å². The molecule has 1 N–H and O–H groups in total. The van der Waals surface area contributed by atoms with Gasteiger partial charge in [-0.1, -0.05) is 18.2 Å². The monoisotopic (exact) mass is 351 g/mol. The van der Waals surface area contributed by atoms with Crippen molar-refractivity contribution in [3.8, 4) is 5.75 Å². The van der Waals surface area contributed by atoms with Gasteiger partial charge in [0.15, 0.2) is 0 Å². The standard InChI is InChI=1S/C17H19BrFNO/c1-11(13-4-7-15(21-3)8-5-13)20-12(2)14-6-9-17(19)16(18)10-14/h4-12,20H,1-3H3/t11-,12?/m1/s1. The minimum atomic E-state index is -0.242. The second kappa shape index (κ2) is 7.05. The van der Waals surface area contributed by atoms with Gasteiger partial charge in [-0.15, -0.1) is 0 Å². The second-order valence-electron chi connectivity index (χ2n) is 5.06. The van der Waals surface area contributed by atoms with Crippen molar-refractivity contribution in [3.05, 3.63) is 63.9 Å². The smallest absolute Gasteiger partial charge is 0.137 e. The van der Waals surface area contributed by atoms with E-state index in [9.17, 15) is 4.39 Å². The molecule has 1 unspecified atom stereocenters. The topological polar surface area (TPSA) is 21.3 Å². The van der Waals surface area contributed by atoms with Gasteiger partial charge < -0.3 is 10.1 Å².